The van der Waals surface area contributed by atoms with Crippen LogP contribution in [0.15, 0.2) is 59.6 Å². The van der Waals surface area contributed by atoms with Gasteiger partial charge < -0.3 is 15.5 Å². The van der Waals surface area contributed by atoms with E-state index in [-0.39, 0.29) is 24.0 Å². The van der Waals surface area contributed by atoms with E-state index >= 15 is 0 Å². The molecular weight excluding hydrogens is 411 g/mol. The Hall–Kier alpha value is -1.76. The van der Waals surface area contributed by atoms with Crippen molar-refractivity contribution in [3.8, 4) is 0 Å². The molecule has 0 spiro atoms. The number of nitrogens with one attached hydrogen (secondary N) is 2. The molecule has 4 nitrogen and oxygen atoms in total. The number of hydrogen-bond acceptors (Lipinski definition) is 2. The van der Waals surface area contributed by atoms with Gasteiger partial charge in [0.1, 0.15) is 0 Å². The van der Waals surface area contributed by atoms with E-state index in [1.165, 1.54) is 16.8 Å². The minimum Gasteiger partial charge on any atom is -0.378 e. The molecule has 2 aromatic rings. The molecule has 0 atom stereocenters. The molecule has 24 heavy (non-hydrogen) atoms. The van der Waals surface area contributed by atoms with E-state index in [0.717, 1.165) is 25.5 Å². The van der Waals surface area contributed by atoms with E-state index in [1.54, 1.807) is 7.05 Å². The fourth-order valence-electron chi connectivity index (χ4n) is 2.29. The summed E-state index contributed by atoms with van der Waals surface area (Å²) in [6, 6.07) is 19.0. The number of rotatable bonds is 6. The van der Waals surface area contributed by atoms with Crippen LogP contribution in [0.1, 0.15) is 11.1 Å². The van der Waals surface area contributed by atoms with Gasteiger partial charge in [-0.05, 0) is 29.7 Å². The molecular formula is C19H27IN4. The first kappa shape index (κ1) is 20.3. The minimum atomic E-state index is 0. The SMILES string of the molecule is CN=C(NCCc1ccccc1)NCc1ccc(N(C)C)cc1.I. The van der Waals surface area contributed by atoms with Crippen molar-refractivity contribution in [1.82, 2.24) is 10.6 Å². The Morgan fingerprint density at radius 1 is 0.917 bits per heavy atom. The molecule has 0 bridgehead atoms. The van der Waals surface area contributed by atoms with Gasteiger partial charge >= 0.3 is 0 Å². The summed E-state index contributed by atoms with van der Waals surface area (Å²) in [5, 5.41) is 6.69. The second-order valence-corrected chi connectivity index (χ2v) is 5.65. The van der Waals surface area contributed by atoms with E-state index in [4.69, 9.17) is 0 Å². The quantitative estimate of drug-likeness (QED) is 0.413. The molecule has 0 unspecified atom stereocenters. The van der Waals surface area contributed by atoms with Crippen LogP contribution in [0.3, 0.4) is 0 Å². The highest BCUT2D eigenvalue weighted by atomic mass is 127. The van der Waals surface area contributed by atoms with Crippen molar-refractivity contribution >= 4 is 35.6 Å². The van der Waals surface area contributed by atoms with Crippen LogP contribution in [0.4, 0.5) is 5.69 Å². The van der Waals surface area contributed by atoms with Gasteiger partial charge in [-0.15, -0.1) is 24.0 Å². The monoisotopic (exact) mass is 438 g/mol. The summed E-state index contributed by atoms with van der Waals surface area (Å²) in [6.07, 6.45) is 0.985. The molecule has 2 rings (SSSR count). The molecule has 5 heteroatoms. The number of guanidine groups is 1. The molecule has 130 valence electrons. The third-order valence-electron chi connectivity index (χ3n) is 3.69. The highest BCUT2D eigenvalue weighted by Crippen LogP contribution is 2.11. The first-order valence-corrected chi connectivity index (χ1v) is 7.94. The zero-order valence-electron chi connectivity index (χ0n) is 14.6. The van der Waals surface area contributed by atoms with Gasteiger partial charge in [0.15, 0.2) is 5.96 Å². The predicted molar refractivity (Wildman–Crippen MR) is 115 cm³/mol. The van der Waals surface area contributed by atoms with Gasteiger partial charge in [0.2, 0.25) is 0 Å². The lowest BCUT2D eigenvalue weighted by atomic mass is 10.1. The van der Waals surface area contributed by atoms with Crippen molar-refractivity contribution in [1.29, 1.82) is 0 Å². The molecule has 0 fully saturated rings. The van der Waals surface area contributed by atoms with Crippen molar-refractivity contribution in [3.05, 3.63) is 65.7 Å². The summed E-state index contributed by atoms with van der Waals surface area (Å²) in [5.41, 5.74) is 3.77. The molecule has 0 amide bonds. The highest BCUT2D eigenvalue weighted by Gasteiger charge is 2.00. The molecule has 0 aliphatic rings. The Labute approximate surface area is 162 Å². The van der Waals surface area contributed by atoms with Crippen LogP contribution in [0.2, 0.25) is 0 Å². The summed E-state index contributed by atoms with van der Waals surface area (Å²) in [5.74, 6) is 0.831. The first-order valence-electron chi connectivity index (χ1n) is 7.94. The number of hydrogen-bond donors (Lipinski definition) is 2. The Bertz CT molecular complexity index is 609. The molecule has 2 aromatic carbocycles. The fraction of sp³-hybridized carbons (Fsp3) is 0.316. The molecule has 0 saturated heterocycles. The number of halogens is 1. The van der Waals surface area contributed by atoms with E-state index in [2.05, 4.69) is 69.1 Å². The van der Waals surface area contributed by atoms with Crippen molar-refractivity contribution in [2.45, 2.75) is 13.0 Å². The summed E-state index contributed by atoms with van der Waals surface area (Å²) >= 11 is 0. The van der Waals surface area contributed by atoms with E-state index < -0.39 is 0 Å². The molecule has 0 aliphatic carbocycles. The van der Waals surface area contributed by atoms with Gasteiger partial charge in [-0.2, -0.15) is 0 Å². The first-order chi connectivity index (χ1) is 11.2. The fourth-order valence-corrected chi connectivity index (χ4v) is 2.29. The average molecular weight is 438 g/mol. The Morgan fingerprint density at radius 2 is 1.58 bits per heavy atom. The zero-order valence-corrected chi connectivity index (χ0v) is 17.0. The molecule has 0 saturated carbocycles. The van der Waals surface area contributed by atoms with Crippen molar-refractivity contribution < 1.29 is 0 Å². The van der Waals surface area contributed by atoms with Crippen molar-refractivity contribution in [3.63, 3.8) is 0 Å². The smallest absolute Gasteiger partial charge is 0.191 e. The van der Waals surface area contributed by atoms with Crippen LogP contribution >= 0.6 is 24.0 Å². The van der Waals surface area contributed by atoms with Crippen molar-refractivity contribution in [2.75, 3.05) is 32.6 Å². The van der Waals surface area contributed by atoms with Gasteiger partial charge in [0.05, 0.1) is 0 Å². The number of nitrogens with zero attached hydrogens (tertiary/aromatic N) is 2. The summed E-state index contributed by atoms with van der Waals surface area (Å²) in [7, 11) is 5.89. The maximum atomic E-state index is 4.27. The average Bonchev–Trinajstić information content (AvgIpc) is 2.59. The lowest BCUT2D eigenvalue weighted by Gasteiger charge is -2.14. The lowest BCUT2D eigenvalue weighted by molar-refractivity contribution is 0.794. The maximum Gasteiger partial charge on any atom is 0.191 e. The highest BCUT2D eigenvalue weighted by molar-refractivity contribution is 14.0. The van der Waals surface area contributed by atoms with Crippen LogP contribution in [-0.4, -0.2) is 33.6 Å². The van der Waals surface area contributed by atoms with Crippen LogP contribution in [-0.2, 0) is 13.0 Å². The minimum absolute atomic E-state index is 0. The van der Waals surface area contributed by atoms with Crippen LogP contribution in [0, 0.1) is 0 Å². The van der Waals surface area contributed by atoms with Crippen LogP contribution in [0.5, 0.6) is 0 Å². The second kappa shape index (κ2) is 10.9. The van der Waals surface area contributed by atoms with E-state index in [1.807, 2.05) is 20.2 Å². The van der Waals surface area contributed by atoms with Crippen molar-refractivity contribution in [2.24, 2.45) is 4.99 Å². The standard InChI is InChI=1S/C19H26N4.HI/c1-20-19(21-14-13-16-7-5-4-6-8-16)22-15-17-9-11-18(12-10-17)23(2)3;/h4-12H,13-15H2,1-3H3,(H2,20,21,22);1H. The third-order valence-corrected chi connectivity index (χ3v) is 3.69. The van der Waals surface area contributed by atoms with Crippen LogP contribution in [0.25, 0.3) is 0 Å². The molecule has 0 aliphatic heterocycles. The van der Waals surface area contributed by atoms with Gasteiger partial charge in [-0.3, -0.25) is 4.99 Å². The van der Waals surface area contributed by atoms with Gasteiger partial charge in [0, 0.05) is 39.9 Å². The zero-order chi connectivity index (χ0) is 16.5. The van der Waals surface area contributed by atoms with E-state index in [0.29, 0.717) is 0 Å². The predicted octanol–water partition coefficient (Wildman–Crippen LogP) is 3.28. The topological polar surface area (TPSA) is 39.7 Å². The number of anilines is 1. The Morgan fingerprint density at radius 3 is 2.17 bits per heavy atom. The molecule has 0 radical (unpaired) electrons. The normalized spacial score (nSPS) is 10.7. The van der Waals surface area contributed by atoms with E-state index in [9.17, 15) is 0 Å². The van der Waals surface area contributed by atoms with Crippen LogP contribution < -0.4 is 15.5 Å². The third kappa shape index (κ3) is 6.78. The molecule has 0 aromatic heterocycles. The van der Waals surface area contributed by atoms with Gasteiger partial charge in [-0.25, -0.2) is 0 Å². The Balaban J connectivity index is 0.00000288. The van der Waals surface area contributed by atoms with Gasteiger partial charge in [0.25, 0.3) is 0 Å². The molecule has 0 heterocycles. The largest absolute Gasteiger partial charge is 0.378 e. The summed E-state index contributed by atoms with van der Waals surface area (Å²) in [6.45, 7) is 1.63. The molecule has 2 N–H and O–H groups in total. The van der Waals surface area contributed by atoms with Gasteiger partial charge in [-0.1, -0.05) is 42.5 Å². The summed E-state index contributed by atoms with van der Waals surface area (Å²) in [4.78, 5) is 6.36. The second-order valence-electron chi connectivity index (χ2n) is 5.65. The maximum absolute atomic E-state index is 4.27. The number of benzene rings is 2. The number of aliphatic imine (C=N–C) groups is 1. The Kier molecular flexibility index (Phi) is 9.22. The lowest BCUT2D eigenvalue weighted by Crippen LogP contribution is -2.37. The summed E-state index contributed by atoms with van der Waals surface area (Å²) < 4.78 is 0.